The molecule has 0 atom stereocenters. The molecule has 0 N–H and O–H groups in total. The Bertz CT molecular complexity index is 4880. The molecule has 0 aliphatic heterocycles. The molecule has 7 heteroatoms. The second kappa shape index (κ2) is 23.9. The topological polar surface area (TPSA) is 48.8 Å². The Balaban J connectivity index is 0.871. The molecule has 0 saturated carbocycles. The standard InChI is InChI=1S/C90H84N4OSi2/c1-87(2,3)63-45-49-81-77(55-63)78-56-64(88(4,5)6)46-50-82(78)93(81)67-31-27-43-75(59-67)96(69-33-17-13-18-34-69,70-35-19-14-20-36-70)73-41-25-29-61(53-73)85-91-92-86(95-85)62-30-26-42-74(54-62)97(71-37-21-15-22-38-71,72-39-23-16-24-40-72)76-44-28-32-68(60-76)94-83-51-47-65(89(7,8)9)57-79(83)80-58-66(90(10,11)12)48-52-84(80)94/h13-60H,1-12H3. The summed E-state index contributed by atoms with van der Waals surface area (Å²) >= 11 is 0. The van der Waals surface area contributed by atoms with Crippen LogP contribution in [0.25, 0.3) is 77.9 Å². The van der Waals surface area contributed by atoms with Gasteiger partial charge in [0.2, 0.25) is 11.8 Å². The van der Waals surface area contributed by atoms with Crippen LogP contribution in [0.5, 0.6) is 0 Å². The summed E-state index contributed by atoms with van der Waals surface area (Å²) in [5.74, 6) is 0.930. The molecule has 0 bridgehead atoms. The number of hydrogen-bond acceptors (Lipinski definition) is 3. The van der Waals surface area contributed by atoms with Crippen molar-refractivity contribution in [2.45, 2.75) is 105 Å². The Morgan fingerprint density at radius 2 is 0.495 bits per heavy atom. The van der Waals surface area contributed by atoms with Crippen LogP contribution < -0.4 is 41.5 Å². The van der Waals surface area contributed by atoms with Gasteiger partial charge in [0.15, 0.2) is 16.1 Å². The predicted octanol–water partition coefficient (Wildman–Crippen LogP) is 17.5. The monoisotopic (exact) mass is 1290 g/mol. The van der Waals surface area contributed by atoms with Gasteiger partial charge in [0, 0.05) is 44.0 Å². The maximum atomic E-state index is 7.04. The van der Waals surface area contributed by atoms with Gasteiger partial charge in [-0.25, -0.2) is 0 Å². The smallest absolute Gasteiger partial charge is 0.248 e. The van der Waals surface area contributed by atoms with E-state index in [1.54, 1.807) is 0 Å². The second-order valence-corrected chi connectivity index (χ2v) is 38.4. The molecule has 0 spiro atoms. The fraction of sp³-hybridized carbons (Fsp3) is 0.178. The molecule has 0 unspecified atom stereocenters. The van der Waals surface area contributed by atoms with Crippen molar-refractivity contribution in [2.75, 3.05) is 0 Å². The van der Waals surface area contributed by atoms with Gasteiger partial charge < -0.3 is 13.6 Å². The van der Waals surface area contributed by atoms with Crippen LogP contribution in [0.4, 0.5) is 0 Å². The van der Waals surface area contributed by atoms with Gasteiger partial charge in [0.05, 0.1) is 22.1 Å². The number of nitrogens with zero attached hydrogens (tertiary/aromatic N) is 4. The Kier molecular flexibility index (Phi) is 15.5. The van der Waals surface area contributed by atoms with Crippen LogP contribution in [-0.2, 0) is 21.7 Å². The average molecular weight is 1290 g/mol. The highest BCUT2D eigenvalue weighted by Crippen LogP contribution is 2.40. The maximum Gasteiger partial charge on any atom is 0.248 e. The minimum atomic E-state index is -3.16. The first-order chi connectivity index (χ1) is 46.6. The minimum Gasteiger partial charge on any atom is -0.416 e. The zero-order valence-electron chi connectivity index (χ0n) is 57.9. The molecule has 0 radical (unpaired) electrons. The van der Waals surface area contributed by atoms with E-state index in [-0.39, 0.29) is 21.7 Å². The van der Waals surface area contributed by atoms with Gasteiger partial charge in [-0.15, -0.1) is 10.2 Å². The first-order valence-electron chi connectivity index (χ1n) is 34.3. The third-order valence-electron chi connectivity index (χ3n) is 20.4. The molecule has 478 valence electrons. The highest BCUT2D eigenvalue weighted by Gasteiger charge is 2.44. The van der Waals surface area contributed by atoms with Gasteiger partial charge >= 0.3 is 0 Å². The van der Waals surface area contributed by atoms with E-state index >= 15 is 0 Å². The molecule has 3 aromatic heterocycles. The number of benzene rings is 12. The Labute approximate surface area is 573 Å². The molecule has 5 nitrogen and oxygen atoms in total. The van der Waals surface area contributed by atoms with E-state index in [2.05, 4.69) is 383 Å². The third-order valence-corrected chi connectivity index (χ3v) is 29.9. The van der Waals surface area contributed by atoms with Crippen LogP contribution in [0.15, 0.2) is 296 Å². The summed E-state index contributed by atoms with van der Waals surface area (Å²) in [4.78, 5) is 0. The Morgan fingerprint density at radius 1 is 0.247 bits per heavy atom. The van der Waals surface area contributed by atoms with E-state index in [0.717, 1.165) is 22.5 Å². The molecule has 0 aliphatic rings. The third kappa shape index (κ3) is 10.9. The van der Waals surface area contributed by atoms with E-state index in [1.807, 2.05) is 0 Å². The minimum absolute atomic E-state index is 0.0105. The van der Waals surface area contributed by atoms with E-state index in [1.165, 1.54) is 107 Å². The van der Waals surface area contributed by atoms with E-state index in [9.17, 15) is 0 Å². The molecule has 12 aromatic carbocycles. The van der Waals surface area contributed by atoms with Crippen molar-refractivity contribution >= 4 is 101 Å². The molecule has 0 aliphatic carbocycles. The summed E-state index contributed by atoms with van der Waals surface area (Å²) in [6.07, 6.45) is 0. The van der Waals surface area contributed by atoms with Crippen molar-refractivity contribution in [3.63, 3.8) is 0 Å². The van der Waals surface area contributed by atoms with Crippen molar-refractivity contribution in [2.24, 2.45) is 0 Å². The number of aromatic nitrogens is 4. The van der Waals surface area contributed by atoms with Gasteiger partial charge in [-0.05, 0) is 182 Å². The van der Waals surface area contributed by atoms with Gasteiger partial charge in [-0.2, -0.15) is 0 Å². The lowest BCUT2D eigenvalue weighted by Crippen LogP contribution is -2.74. The van der Waals surface area contributed by atoms with E-state index in [0.29, 0.717) is 11.8 Å². The molecular formula is C90H84N4OSi2. The van der Waals surface area contributed by atoms with Crippen LogP contribution >= 0.6 is 0 Å². The van der Waals surface area contributed by atoms with Crippen molar-refractivity contribution in [3.05, 3.63) is 313 Å². The second-order valence-electron chi connectivity index (χ2n) is 30.7. The molecule has 0 saturated heterocycles. The zero-order valence-corrected chi connectivity index (χ0v) is 59.9. The summed E-state index contributed by atoms with van der Waals surface area (Å²) in [7, 11) is -6.32. The SMILES string of the molecule is CC(C)(C)c1ccc2c(c1)c1cc(C(C)(C)C)ccc1n2-c1cccc([Si](c2ccccc2)(c2ccccc2)c2cccc(-c3nnc(-c4cccc([Si](c5ccccc5)(c5ccccc5)c5cccc(-n6c7ccc(C(C)(C)C)cc7c7cc(C(C)(C)C)ccc76)c5)c4)o3)c2)c1. The fourth-order valence-corrected chi connectivity index (χ4v) is 24.8. The summed E-state index contributed by atoms with van der Waals surface area (Å²) in [6, 6.07) is 110. The molecule has 3 heterocycles. The first kappa shape index (κ1) is 62.9. The van der Waals surface area contributed by atoms with Crippen LogP contribution in [0, 0.1) is 0 Å². The predicted molar refractivity (Wildman–Crippen MR) is 416 cm³/mol. The van der Waals surface area contributed by atoms with Crippen molar-refractivity contribution in [1.82, 2.24) is 19.3 Å². The lowest BCUT2D eigenvalue weighted by Gasteiger charge is -2.35. The summed E-state index contributed by atoms with van der Waals surface area (Å²) in [5, 5.41) is 25.0. The van der Waals surface area contributed by atoms with Crippen LogP contribution in [0.3, 0.4) is 0 Å². The fourth-order valence-electron chi connectivity index (χ4n) is 15.2. The lowest BCUT2D eigenvalue weighted by molar-refractivity contribution is 0.584. The van der Waals surface area contributed by atoms with Crippen LogP contribution in [0.2, 0.25) is 0 Å². The maximum absolute atomic E-state index is 7.04. The molecule has 15 aromatic rings. The molecule has 0 amide bonds. The molecule has 97 heavy (non-hydrogen) atoms. The highest BCUT2D eigenvalue weighted by molar-refractivity contribution is 7.20. The molecular weight excluding hydrogens is 1210 g/mol. The normalized spacial score (nSPS) is 12.7. The van der Waals surface area contributed by atoms with E-state index in [4.69, 9.17) is 14.6 Å². The van der Waals surface area contributed by atoms with Gasteiger partial charge in [0.1, 0.15) is 0 Å². The Hall–Kier alpha value is -10.2. The van der Waals surface area contributed by atoms with Crippen molar-refractivity contribution in [1.29, 1.82) is 0 Å². The van der Waals surface area contributed by atoms with Gasteiger partial charge in [-0.1, -0.05) is 277 Å². The molecule has 0 fully saturated rings. The zero-order chi connectivity index (χ0) is 67.2. The number of rotatable bonds is 12. The highest BCUT2D eigenvalue weighted by atomic mass is 28.3. The van der Waals surface area contributed by atoms with Crippen LogP contribution in [-0.4, -0.2) is 35.5 Å². The quantitative estimate of drug-likeness (QED) is 0.0905. The van der Waals surface area contributed by atoms with Crippen molar-refractivity contribution < 1.29 is 4.42 Å². The van der Waals surface area contributed by atoms with Crippen LogP contribution in [0.1, 0.15) is 105 Å². The largest absolute Gasteiger partial charge is 0.416 e. The van der Waals surface area contributed by atoms with Gasteiger partial charge in [0.25, 0.3) is 0 Å². The number of hydrogen-bond donors (Lipinski definition) is 0. The van der Waals surface area contributed by atoms with E-state index < -0.39 is 16.1 Å². The first-order valence-corrected chi connectivity index (χ1v) is 38.3. The summed E-state index contributed by atoms with van der Waals surface area (Å²) in [6.45, 7) is 27.7. The Morgan fingerprint density at radius 3 is 0.763 bits per heavy atom. The molecule has 15 rings (SSSR count). The van der Waals surface area contributed by atoms with Crippen molar-refractivity contribution in [3.8, 4) is 34.3 Å². The average Bonchev–Trinajstić information content (AvgIpc) is 1.73. The van der Waals surface area contributed by atoms with Gasteiger partial charge in [-0.3, -0.25) is 0 Å². The number of fused-ring (bicyclic) bond motifs is 6. The summed E-state index contributed by atoms with van der Waals surface area (Å²) in [5.41, 5.74) is 14.0. The summed E-state index contributed by atoms with van der Waals surface area (Å²) < 4.78 is 12.0. The lowest BCUT2D eigenvalue weighted by atomic mass is 9.85.